The van der Waals surface area contributed by atoms with Crippen molar-refractivity contribution in [3.05, 3.63) is 47.3 Å². The lowest BCUT2D eigenvalue weighted by atomic mass is 10.1. The summed E-state index contributed by atoms with van der Waals surface area (Å²) in [6.45, 7) is 3.82. The number of carbonyl (C=O) groups is 1. The summed E-state index contributed by atoms with van der Waals surface area (Å²) in [5.41, 5.74) is 15.1. The summed E-state index contributed by atoms with van der Waals surface area (Å²) < 4.78 is 0. The van der Waals surface area contributed by atoms with Crippen LogP contribution in [0.1, 0.15) is 21.7 Å². The molecule has 98 valence electrons. The van der Waals surface area contributed by atoms with E-state index in [0.29, 0.717) is 16.9 Å². The van der Waals surface area contributed by atoms with Crippen LogP contribution >= 0.6 is 0 Å². The Morgan fingerprint density at radius 2 is 1.84 bits per heavy atom. The molecule has 0 saturated carbocycles. The summed E-state index contributed by atoms with van der Waals surface area (Å²) in [4.78, 5) is 15.8. The van der Waals surface area contributed by atoms with Gasteiger partial charge in [-0.05, 0) is 44.2 Å². The largest absolute Gasteiger partial charge is 0.399 e. The first-order valence-electron chi connectivity index (χ1n) is 5.88. The number of hydrogen-bond acceptors (Lipinski definition) is 4. The minimum atomic E-state index is -0.521. The SMILES string of the molecule is Cc1ccc(Nc2ccc(N)cc2C(N)=O)c(C)n1. The quantitative estimate of drug-likeness (QED) is 0.733. The van der Waals surface area contributed by atoms with Crippen LogP contribution in [0.4, 0.5) is 17.1 Å². The van der Waals surface area contributed by atoms with E-state index < -0.39 is 5.91 Å². The maximum Gasteiger partial charge on any atom is 0.250 e. The summed E-state index contributed by atoms with van der Waals surface area (Å²) in [5, 5.41) is 3.16. The molecular weight excluding hydrogens is 240 g/mol. The van der Waals surface area contributed by atoms with Gasteiger partial charge in [0.1, 0.15) is 0 Å². The maximum atomic E-state index is 11.4. The van der Waals surface area contributed by atoms with E-state index in [1.165, 1.54) is 0 Å². The average molecular weight is 256 g/mol. The predicted octanol–water partition coefficient (Wildman–Crippen LogP) is 2.12. The molecule has 1 aromatic heterocycles. The first-order chi connectivity index (χ1) is 8.97. The second-order valence-corrected chi connectivity index (χ2v) is 4.38. The Morgan fingerprint density at radius 3 is 2.47 bits per heavy atom. The monoisotopic (exact) mass is 256 g/mol. The van der Waals surface area contributed by atoms with Gasteiger partial charge in [0.2, 0.25) is 0 Å². The third-order valence-corrected chi connectivity index (χ3v) is 2.80. The van der Waals surface area contributed by atoms with Crippen LogP contribution in [0.25, 0.3) is 0 Å². The summed E-state index contributed by atoms with van der Waals surface area (Å²) >= 11 is 0. The normalized spacial score (nSPS) is 10.2. The maximum absolute atomic E-state index is 11.4. The highest BCUT2D eigenvalue weighted by atomic mass is 16.1. The van der Waals surface area contributed by atoms with Gasteiger partial charge in [-0.3, -0.25) is 9.78 Å². The van der Waals surface area contributed by atoms with Crippen LogP contribution in [0.3, 0.4) is 0 Å². The summed E-state index contributed by atoms with van der Waals surface area (Å²) in [6.07, 6.45) is 0. The van der Waals surface area contributed by atoms with Crippen LogP contribution < -0.4 is 16.8 Å². The van der Waals surface area contributed by atoms with Gasteiger partial charge in [0.25, 0.3) is 5.91 Å². The number of aromatic nitrogens is 1. The molecule has 5 N–H and O–H groups in total. The van der Waals surface area contributed by atoms with Gasteiger partial charge < -0.3 is 16.8 Å². The Kier molecular flexibility index (Phi) is 3.37. The molecule has 0 unspecified atom stereocenters. The second-order valence-electron chi connectivity index (χ2n) is 4.38. The van der Waals surface area contributed by atoms with E-state index in [1.807, 2.05) is 26.0 Å². The molecule has 0 atom stereocenters. The molecule has 5 heteroatoms. The van der Waals surface area contributed by atoms with Crippen LogP contribution in [0, 0.1) is 13.8 Å². The molecule has 0 saturated heterocycles. The van der Waals surface area contributed by atoms with Gasteiger partial charge >= 0.3 is 0 Å². The van der Waals surface area contributed by atoms with Crippen molar-refractivity contribution in [1.82, 2.24) is 4.98 Å². The molecule has 0 fully saturated rings. The van der Waals surface area contributed by atoms with Gasteiger partial charge in [0, 0.05) is 11.4 Å². The summed E-state index contributed by atoms with van der Waals surface area (Å²) in [6, 6.07) is 8.82. The zero-order chi connectivity index (χ0) is 14.0. The fourth-order valence-electron chi connectivity index (χ4n) is 1.84. The zero-order valence-corrected chi connectivity index (χ0v) is 10.9. The van der Waals surface area contributed by atoms with Crippen molar-refractivity contribution in [3.63, 3.8) is 0 Å². The topological polar surface area (TPSA) is 94.0 Å². The number of nitrogens with two attached hydrogens (primary N) is 2. The van der Waals surface area contributed by atoms with Crippen molar-refractivity contribution < 1.29 is 4.79 Å². The Hall–Kier alpha value is -2.56. The van der Waals surface area contributed by atoms with Crippen LogP contribution in [0.15, 0.2) is 30.3 Å². The Labute approximate surface area is 111 Å². The van der Waals surface area contributed by atoms with Crippen LogP contribution in [-0.4, -0.2) is 10.9 Å². The van der Waals surface area contributed by atoms with E-state index in [4.69, 9.17) is 11.5 Å². The Morgan fingerprint density at radius 1 is 1.16 bits per heavy atom. The summed E-state index contributed by atoms with van der Waals surface area (Å²) in [7, 11) is 0. The fourth-order valence-corrected chi connectivity index (χ4v) is 1.84. The lowest BCUT2D eigenvalue weighted by Crippen LogP contribution is -2.14. The molecule has 1 aromatic carbocycles. The van der Waals surface area contributed by atoms with Gasteiger partial charge in [0.15, 0.2) is 0 Å². The third-order valence-electron chi connectivity index (χ3n) is 2.80. The van der Waals surface area contributed by atoms with Crippen molar-refractivity contribution in [2.75, 3.05) is 11.1 Å². The van der Waals surface area contributed by atoms with E-state index in [1.54, 1.807) is 18.2 Å². The van der Waals surface area contributed by atoms with Gasteiger partial charge in [-0.25, -0.2) is 0 Å². The van der Waals surface area contributed by atoms with Gasteiger partial charge in [-0.1, -0.05) is 0 Å². The molecule has 0 aliphatic heterocycles. The van der Waals surface area contributed by atoms with E-state index >= 15 is 0 Å². The lowest BCUT2D eigenvalue weighted by Gasteiger charge is -2.12. The van der Waals surface area contributed by atoms with Crippen molar-refractivity contribution in [3.8, 4) is 0 Å². The molecule has 2 aromatic rings. The van der Waals surface area contributed by atoms with Crippen molar-refractivity contribution in [2.45, 2.75) is 13.8 Å². The lowest BCUT2D eigenvalue weighted by molar-refractivity contribution is 0.100. The molecule has 0 radical (unpaired) electrons. The molecule has 19 heavy (non-hydrogen) atoms. The second kappa shape index (κ2) is 4.97. The number of carbonyl (C=O) groups excluding carboxylic acids is 1. The third kappa shape index (κ3) is 2.82. The molecular formula is C14H16N4O. The molecule has 0 aliphatic carbocycles. The molecule has 0 bridgehead atoms. The number of benzene rings is 1. The average Bonchev–Trinajstić information content (AvgIpc) is 2.34. The number of nitrogen functional groups attached to an aromatic ring is 1. The van der Waals surface area contributed by atoms with Gasteiger partial charge in [0.05, 0.1) is 22.6 Å². The number of rotatable bonds is 3. The first-order valence-corrected chi connectivity index (χ1v) is 5.88. The highest BCUT2D eigenvalue weighted by Crippen LogP contribution is 2.24. The minimum Gasteiger partial charge on any atom is -0.399 e. The van der Waals surface area contributed by atoms with Gasteiger partial charge in [-0.2, -0.15) is 0 Å². The number of hydrogen-bond donors (Lipinski definition) is 3. The number of pyridine rings is 1. The van der Waals surface area contributed by atoms with E-state index in [-0.39, 0.29) is 0 Å². The molecule has 1 amide bonds. The molecule has 0 spiro atoms. The first kappa shape index (κ1) is 12.9. The van der Waals surface area contributed by atoms with E-state index in [9.17, 15) is 4.79 Å². The van der Waals surface area contributed by atoms with Crippen molar-refractivity contribution in [2.24, 2.45) is 5.73 Å². The number of nitrogens with zero attached hydrogens (tertiary/aromatic N) is 1. The highest BCUT2D eigenvalue weighted by molar-refractivity contribution is 6.00. The van der Waals surface area contributed by atoms with Crippen LogP contribution in [0.2, 0.25) is 0 Å². The predicted molar refractivity (Wildman–Crippen MR) is 76.4 cm³/mol. The number of primary amides is 1. The Bertz CT molecular complexity index is 637. The molecule has 1 heterocycles. The minimum absolute atomic E-state index is 0.361. The number of nitrogens with one attached hydrogen (secondary N) is 1. The van der Waals surface area contributed by atoms with Crippen LogP contribution in [0.5, 0.6) is 0 Å². The molecule has 2 rings (SSSR count). The number of aryl methyl sites for hydroxylation is 2. The standard InChI is InChI=1S/C14H16N4O/c1-8-3-5-12(9(2)17-8)18-13-6-4-10(15)7-11(13)14(16)19/h3-7,18H,15H2,1-2H3,(H2,16,19). The highest BCUT2D eigenvalue weighted by Gasteiger charge is 2.10. The van der Waals surface area contributed by atoms with Crippen molar-refractivity contribution >= 4 is 23.0 Å². The molecule has 5 nitrogen and oxygen atoms in total. The van der Waals surface area contributed by atoms with Crippen LogP contribution in [-0.2, 0) is 0 Å². The van der Waals surface area contributed by atoms with Crippen molar-refractivity contribution in [1.29, 1.82) is 0 Å². The smallest absolute Gasteiger partial charge is 0.250 e. The molecule has 0 aliphatic rings. The van der Waals surface area contributed by atoms with E-state index in [0.717, 1.165) is 17.1 Å². The van der Waals surface area contributed by atoms with E-state index in [2.05, 4.69) is 10.3 Å². The zero-order valence-electron chi connectivity index (χ0n) is 10.9. The number of amides is 1. The fraction of sp³-hybridized carbons (Fsp3) is 0.143. The summed E-state index contributed by atoms with van der Waals surface area (Å²) in [5.74, 6) is -0.521. The Balaban J connectivity index is 2.40. The number of anilines is 3. The van der Waals surface area contributed by atoms with Gasteiger partial charge in [-0.15, -0.1) is 0 Å².